The Morgan fingerprint density at radius 1 is 1.08 bits per heavy atom. The highest BCUT2D eigenvalue weighted by molar-refractivity contribution is 4.86. The summed E-state index contributed by atoms with van der Waals surface area (Å²) in [6, 6.07) is 0.894. The van der Waals surface area contributed by atoms with Crippen molar-refractivity contribution in [1.82, 2.24) is 4.90 Å². The maximum atomic E-state index is 5.66. The van der Waals surface area contributed by atoms with Crippen LogP contribution in [0.4, 0.5) is 0 Å². The largest absolute Gasteiger partial charge is 0.330 e. The lowest BCUT2D eigenvalue weighted by Gasteiger charge is -2.44. The van der Waals surface area contributed by atoms with Gasteiger partial charge in [0.1, 0.15) is 0 Å². The number of hydrogen-bond acceptors (Lipinski definition) is 2. The van der Waals surface area contributed by atoms with E-state index in [9.17, 15) is 0 Å². The first-order valence-electron chi connectivity index (χ1n) is 5.86. The molecule has 0 aromatic carbocycles. The molecule has 2 heterocycles. The van der Waals surface area contributed by atoms with Crippen molar-refractivity contribution in [3.05, 3.63) is 0 Å². The molecule has 2 aliphatic rings. The molecule has 2 N–H and O–H groups in total. The van der Waals surface area contributed by atoms with Gasteiger partial charge < -0.3 is 10.6 Å². The smallest absolute Gasteiger partial charge is 0.0124 e. The summed E-state index contributed by atoms with van der Waals surface area (Å²) in [5, 5.41) is 0. The minimum absolute atomic E-state index is 0.884. The Morgan fingerprint density at radius 3 is 2.77 bits per heavy atom. The first-order valence-corrected chi connectivity index (χ1v) is 5.86. The van der Waals surface area contributed by atoms with E-state index in [0.717, 1.165) is 18.5 Å². The van der Waals surface area contributed by atoms with Crippen molar-refractivity contribution in [1.29, 1.82) is 0 Å². The molecule has 13 heavy (non-hydrogen) atoms. The van der Waals surface area contributed by atoms with Crippen LogP contribution >= 0.6 is 0 Å². The van der Waals surface area contributed by atoms with Gasteiger partial charge in [-0.3, -0.25) is 0 Å². The second kappa shape index (κ2) is 4.43. The van der Waals surface area contributed by atoms with Gasteiger partial charge in [0.2, 0.25) is 0 Å². The van der Waals surface area contributed by atoms with E-state index < -0.39 is 0 Å². The van der Waals surface area contributed by atoms with Crippen LogP contribution in [0.1, 0.15) is 38.5 Å². The van der Waals surface area contributed by atoms with Crippen molar-refractivity contribution in [2.24, 2.45) is 11.7 Å². The molecule has 2 rings (SSSR count). The van der Waals surface area contributed by atoms with E-state index in [-0.39, 0.29) is 0 Å². The average Bonchev–Trinajstić information content (AvgIpc) is 2.19. The zero-order chi connectivity index (χ0) is 9.10. The number of nitrogens with two attached hydrogens (primary N) is 1. The average molecular weight is 182 g/mol. The summed E-state index contributed by atoms with van der Waals surface area (Å²) >= 11 is 0. The van der Waals surface area contributed by atoms with Gasteiger partial charge in [0, 0.05) is 6.04 Å². The van der Waals surface area contributed by atoms with Crippen molar-refractivity contribution in [3.63, 3.8) is 0 Å². The van der Waals surface area contributed by atoms with E-state index in [1.807, 2.05) is 0 Å². The van der Waals surface area contributed by atoms with Gasteiger partial charge in [-0.2, -0.15) is 0 Å². The highest BCUT2D eigenvalue weighted by Crippen LogP contribution is 2.32. The number of fused-ring (bicyclic) bond motifs is 1. The molecule has 0 saturated carbocycles. The molecule has 2 saturated heterocycles. The Balaban J connectivity index is 1.94. The minimum Gasteiger partial charge on any atom is -0.330 e. The molecule has 2 aliphatic heterocycles. The van der Waals surface area contributed by atoms with Crippen molar-refractivity contribution in [2.75, 3.05) is 19.6 Å². The van der Waals surface area contributed by atoms with Gasteiger partial charge in [-0.25, -0.2) is 0 Å². The van der Waals surface area contributed by atoms with Gasteiger partial charge in [-0.15, -0.1) is 0 Å². The summed E-state index contributed by atoms with van der Waals surface area (Å²) in [6.07, 6.45) is 8.39. The lowest BCUT2D eigenvalue weighted by molar-refractivity contribution is 0.0569. The van der Waals surface area contributed by atoms with Gasteiger partial charge in [-0.05, 0) is 57.7 Å². The molecule has 0 amide bonds. The Bertz CT molecular complexity index is 154. The second-order valence-electron chi connectivity index (χ2n) is 4.58. The van der Waals surface area contributed by atoms with Gasteiger partial charge in [0.15, 0.2) is 0 Å². The molecule has 2 fully saturated rings. The predicted molar refractivity (Wildman–Crippen MR) is 55.6 cm³/mol. The molecule has 2 unspecified atom stereocenters. The summed E-state index contributed by atoms with van der Waals surface area (Å²) in [6.45, 7) is 3.59. The second-order valence-corrected chi connectivity index (χ2v) is 4.58. The van der Waals surface area contributed by atoms with E-state index in [2.05, 4.69) is 4.90 Å². The van der Waals surface area contributed by atoms with Crippen LogP contribution in [0, 0.1) is 5.92 Å². The van der Waals surface area contributed by atoms with Crippen LogP contribution in [0.5, 0.6) is 0 Å². The summed E-state index contributed by atoms with van der Waals surface area (Å²) < 4.78 is 0. The first kappa shape index (κ1) is 9.47. The summed E-state index contributed by atoms with van der Waals surface area (Å²) in [5.74, 6) is 0.916. The lowest BCUT2D eigenvalue weighted by atomic mass is 9.82. The van der Waals surface area contributed by atoms with Crippen LogP contribution in [-0.2, 0) is 0 Å². The van der Waals surface area contributed by atoms with Crippen LogP contribution in [0.3, 0.4) is 0 Å². The van der Waals surface area contributed by atoms with Crippen LogP contribution < -0.4 is 5.73 Å². The van der Waals surface area contributed by atoms with E-state index in [1.165, 1.54) is 51.6 Å². The van der Waals surface area contributed by atoms with Crippen molar-refractivity contribution in [3.8, 4) is 0 Å². The van der Waals surface area contributed by atoms with Gasteiger partial charge in [-0.1, -0.05) is 6.42 Å². The van der Waals surface area contributed by atoms with Crippen LogP contribution in [0.15, 0.2) is 0 Å². The van der Waals surface area contributed by atoms with E-state index in [0.29, 0.717) is 0 Å². The summed E-state index contributed by atoms with van der Waals surface area (Å²) in [5.41, 5.74) is 5.66. The van der Waals surface area contributed by atoms with Crippen LogP contribution in [0.2, 0.25) is 0 Å². The summed E-state index contributed by atoms with van der Waals surface area (Å²) in [4.78, 5) is 2.72. The number of piperidine rings is 2. The highest BCUT2D eigenvalue weighted by Gasteiger charge is 2.31. The van der Waals surface area contributed by atoms with Crippen LogP contribution in [0.25, 0.3) is 0 Å². The third-order valence-corrected chi connectivity index (χ3v) is 3.77. The van der Waals surface area contributed by atoms with E-state index in [1.54, 1.807) is 0 Å². The predicted octanol–water partition coefficient (Wildman–Crippen LogP) is 1.60. The van der Waals surface area contributed by atoms with Crippen molar-refractivity contribution >= 4 is 0 Å². The van der Waals surface area contributed by atoms with Gasteiger partial charge in [0.05, 0.1) is 0 Å². The lowest BCUT2D eigenvalue weighted by Crippen LogP contribution is -2.48. The maximum Gasteiger partial charge on any atom is 0.0124 e. The summed E-state index contributed by atoms with van der Waals surface area (Å²) in [7, 11) is 0. The minimum atomic E-state index is 0.884. The van der Waals surface area contributed by atoms with Gasteiger partial charge in [0.25, 0.3) is 0 Å². The standard InChI is InChI=1S/C11H22N2/c12-7-6-10-4-3-9-13-8-2-1-5-11(10)13/h10-11H,1-9,12H2. The third kappa shape index (κ3) is 2.05. The van der Waals surface area contributed by atoms with Gasteiger partial charge >= 0.3 is 0 Å². The topological polar surface area (TPSA) is 29.3 Å². The molecule has 2 nitrogen and oxygen atoms in total. The SMILES string of the molecule is NCCC1CCCN2CCCCC12. The van der Waals surface area contributed by atoms with Crippen molar-refractivity contribution in [2.45, 2.75) is 44.6 Å². The number of hydrogen-bond donors (Lipinski definition) is 1. The Labute approximate surface area is 81.5 Å². The molecule has 0 aromatic rings. The zero-order valence-electron chi connectivity index (χ0n) is 8.54. The third-order valence-electron chi connectivity index (χ3n) is 3.77. The maximum absolute atomic E-state index is 5.66. The Kier molecular flexibility index (Phi) is 3.23. The molecule has 76 valence electrons. The first-order chi connectivity index (χ1) is 6.42. The van der Waals surface area contributed by atoms with E-state index >= 15 is 0 Å². The number of nitrogens with zero attached hydrogens (tertiary/aromatic N) is 1. The molecule has 0 radical (unpaired) electrons. The monoisotopic (exact) mass is 182 g/mol. The number of rotatable bonds is 2. The molecule has 0 spiro atoms. The van der Waals surface area contributed by atoms with Crippen LogP contribution in [-0.4, -0.2) is 30.6 Å². The normalized spacial score (nSPS) is 35.8. The van der Waals surface area contributed by atoms with E-state index in [4.69, 9.17) is 5.73 Å². The van der Waals surface area contributed by atoms with Crippen molar-refractivity contribution < 1.29 is 0 Å². The fraction of sp³-hybridized carbons (Fsp3) is 1.00. The molecular formula is C11H22N2. The highest BCUT2D eigenvalue weighted by atomic mass is 15.2. The fourth-order valence-electron chi connectivity index (χ4n) is 3.13. The zero-order valence-corrected chi connectivity index (χ0v) is 8.54. The molecular weight excluding hydrogens is 160 g/mol. The fourth-order valence-corrected chi connectivity index (χ4v) is 3.13. The Hall–Kier alpha value is -0.0800. The molecule has 2 atom stereocenters. The molecule has 2 heteroatoms. The Morgan fingerprint density at radius 2 is 1.92 bits per heavy atom. The molecule has 0 bridgehead atoms. The molecule has 0 aromatic heterocycles. The quantitative estimate of drug-likeness (QED) is 0.703. The molecule has 0 aliphatic carbocycles.